The Morgan fingerprint density at radius 1 is 1.56 bits per heavy atom. The lowest BCUT2D eigenvalue weighted by Gasteiger charge is -2.29. The number of halogens is 1. The van der Waals surface area contributed by atoms with Crippen LogP contribution in [0.1, 0.15) is 18.5 Å². The third kappa shape index (κ3) is 2.69. The van der Waals surface area contributed by atoms with Crippen LogP contribution in [0.2, 0.25) is 4.34 Å². The molecular formula is C9H12ClN3O2S. The largest absolute Gasteiger partial charge is 0.481 e. The molecule has 1 aromatic heterocycles. The minimum Gasteiger partial charge on any atom is -0.481 e. The Morgan fingerprint density at radius 2 is 2.25 bits per heavy atom. The van der Waals surface area contributed by atoms with Crippen molar-refractivity contribution in [1.29, 1.82) is 0 Å². The lowest BCUT2D eigenvalue weighted by Crippen LogP contribution is -2.35. The molecule has 2 rings (SSSR count). The van der Waals surface area contributed by atoms with E-state index < -0.39 is 5.97 Å². The van der Waals surface area contributed by atoms with E-state index in [4.69, 9.17) is 16.7 Å². The topological polar surface area (TPSA) is 66.3 Å². The van der Waals surface area contributed by atoms with Gasteiger partial charge in [0.05, 0.1) is 5.92 Å². The number of piperidine rings is 1. The fraction of sp³-hybridized carbons (Fsp3) is 0.667. The summed E-state index contributed by atoms with van der Waals surface area (Å²) in [6.07, 6.45) is 1.40. The molecule has 88 valence electrons. The molecule has 0 spiro atoms. The molecule has 1 aliphatic heterocycles. The van der Waals surface area contributed by atoms with Crippen molar-refractivity contribution < 1.29 is 9.90 Å². The molecule has 2 heterocycles. The maximum atomic E-state index is 10.8. The van der Waals surface area contributed by atoms with E-state index in [0.29, 0.717) is 23.7 Å². The molecule has 1 aromatic rings. The summed E-state index contributed by atoms with van der Waals surface area (Å²) in [7, 11) is 0. The Balaban J connectivity index is 1.86. The van der Waals surface area contributed by atoms with E-state index in [1.807, 2.05) is 0 Å². The first kappa shape index (κ1) is 11.8. The van der Waals surface area contributed by atoms with Crippen molar-refractivity contribution in [3.8, 4) is 0 Å². The molecule has 1 N–H and O–H groups in total. The van der Waals surface area contributed by atoms with Gasteiger partial charge in [-0.2, -0.15) is 0 Å². The van der Waals surface area contributed by atoms with Crippen molar-refractivity contribution in [2.45, 2.75) is 19.4 Å². The predicted octanol–water partition coefficient (Wildman–Crippen LogP) is 1.49. The number of aromatic nitrogens is 2. The summed E-state index contributed by atoms with van der Waals surface area (Å²) in [6, 6.07) is 0. The molecule has 5 nitrogen and oxygen atoms in total. The van der Waals surface area contributed by atoms with Gasteiger partial charge in [0.15, 0.2) is 0 Å². The van der Waals surface area contributed by atoms with Crippen LogP contribution in [0.3, 0.4) is 0 Å². The van der Waals surface area contributed by atoms with E-state index in [1.165, 1.54) is 11.5 Å². The molecule has 0 saturated carbocycles. The summed E-state index contributed by atoms with van der Waals surface area (Å²) in [6.45, 7) is 2.23. The van der Waals surface area contributed by atoms with Gasteiger partial charge in [0.25, 0.3) is 0 Å². The Labute approximate surface area is 102 Å². The highest BCUT2D eigenvalue weighted by Crippen LogP contribution is 2.22. The van der Waals surface area contributed by atoms with E-state index in [2.05, 4.69) is 14.5 Å². The van der Waals surface area contributed by atoms with Crippen molar-refractivity contribution in [1.82, 2.24) is 14.5 Å². The van der Waals surface area contributed by atoms with E-state index in [-0.39, 0.29) is 5.92 Å². The van der Waals surface area contributed by atoms with Crippen LogP contribution in [-0.2, 0) is 11.3 Å². The lowest BCUT2D eigenvalue weighted by atomic mass is 9.97. The smallest absolute Gasteiger partial charge is 0.306 e. The monoisotopic (exact) mass is 261 g/mol. The summed E-state index contributed by atoms with van der Waals surface area (Å²) in [5, 5.41) is 12.8. The quantitative estimate of drug-likeness (QED) is 0.893. The number of carboxylic acids is 1. The summed E-state index contributed by atoms with van der Waals surface area (Å²) in [4.78, 5) is 12.9. The van der Waals surface area contributed by atoms with Crippen molar-refractivity contribution >= 4 is 29.1 Å². The number of aliphatic carboxylic acids is 1. The first-order chi connectivity index (χ1) is 7.66. The normalized spacial score (nSPS) is 18.8. The molecule has 16 heavy (non-hydrogen) atoms. The van der Waals surface area contributed by atoms with Gasteiger partial charge in [0.2, 0.25) is 0 Å². The van der Waals surface area contributed by atoms with E-state index in [1.54, 1.807) is 0 Å². The molecule has 0 atom stereocenters. The molecule has 7 heteroatoms. The maximum absolute atomic E-state index is 10.8. The summed E-state index contributed by atoms with van der Waals surface area (Å²) in [5.74, 6) is -0.881. The second-order valence-corrected chi connectivity index (χ2v) is 5.24. The molecule has 1 fully saturated rings. The Bertz CT molecular complexity index is 377. The van der Waals surface area contributed by atoms with E-state index >= 15 is 0 Å². The van der Waals surface area contributed by atoms with Gasteiger partial charge in [-0.05, 0) is 25.9 Å². The highest BCUT2D eigenvalue weighted by Gasteiger charge is 2.25. The van der Waals surface area contributed by atoms with Gasteiger partial charge in [-0.3, -0.25) is 9.69 Å². The van der Waals surface area contributed by atoms with Gasteiger partial charge >= 0.3 is 5.97 Å². The van der Waals surface area contributed by atoms with Crippen molar-refractivity contribution in [2.24, 2.45) is 5.92 Å². The zero-order valence-electron chi connectivity index (χ0n) is 8.60. The van der Waals surface area contributed by atoms with E-state index in [0.717, 1.165) is 18.8 Å². The number of carboxylic acid groups (broad SMARTS) is 1. The van der Waals surface area contributed by atoms with Crippen LogP contribution in [0.4, 0.5) is 0 Å². The predicted molar refractivity (Wildman–Crippen MR) is 60.6 cm³/mol. The molecule has 0 radical (unpaired) electrons. The van der Waals surface area contributed by atoms with Crippen molar-refractivity contribution in [3.63, 3.8) is 0 Å². The molecule has 0 aromatic carbocycles. The highest BCUT2D eigenvalue weighted by atomic mass is 35.5. The average molecular weight is 262 g/mol. The fourth-order valence-electron chi connectivity index (χ4n) is 1.84. The van der Waals surface area contributed by atoms with Crippen LogP contribution >= 0.6 is 23.1 Å². The summed E-state index contributed by atoms with van der Waals surface area (Å²) >= 11 is 7.09. The molecule has 1 aliphatic rings. The van der Waals surface area contributed by atoms with Crippen LogP contribution in [0.25, 0.3) is 0 Å². The summed E-state index contributed by atoms with van der Waals surface area (Å²) < 4.78 is 4.39. The van der Waals surface area contributed by atoms with Crippen LogP contribution in [-0.4, -0.2) is 38.7 Å². The first-order valence-electron chi connectivity index (χ1n) is 5.08. The third-order valence-electron chi connectivity index (χ3n) is 2.82. The Hall–Kier alpha value is -0.720. The molecule has 1 saturated heterocycles. The van der Waals surface area contributed by atoms with Gasteiger partial charge in [-0.25, -0.2) is 0 Å². The van der Waals surface area contributed by atoms with Crippen LogP contribution in [0.15, 0.2) is 0 Å². The van der Waals surface area contributed by atoms with Gasteiger partial charge in [-0.15, -0.1) is 5.10 Å². The maximum Gasteiger partial charge on any atom is 0.306 e. The number of rotatable bonds is 3. The summed E-state index contributed by atoms with van der Waals surface area (Å²) in [5.41, 5.74) is 0.792. The van der Waals surface area contributed by atoms with Gasteiger partial charge in [-0.1, -0.05) is 16.1 Å². The van der Waals surface area contributed by atoms with Crippen LogP contribution in [0.5, 0.6) is 0 Å². The number of hydrogen-bond donors (Lipinski definition) is 1. The second kappa shape index (κ2) is 5.07. The first-order valence-corrected chi connectivity index (χ1v) is 6.24. The number of carbonyl (C=O) groups is 1. The Kier molecular flexibility index (Phi) is 3.73. The number of nitrogens with zero attached hydrogens (tertiary/aromatic N) is 3. The van der Waals surface area contributed by atoms with Crippen molar-refractivity contribution in [2.75, 3.05) is 13.1 Å². The highest BCUT2D eigenvalue weighted by molar-refractivity contribution is 7.10. The number of hydrogen-bond acceptors (Lipinski definition) is 5. The Morgan fingerprint density at radius 3 is 2.75 bits per heavy atom. The fourth-order valence-corrected chi connectivity index (χ4v) is 2.45. The molecule has 0 bridgehead atoms. The van der Waals surface area contributed by atoms with Gasteiger partial charge in [0, 0.05) is 18.1 Å². The molecular weight excluding hydrogens is 250 g/mol. The van der Waals surface area contributed by atoms with E-state index in [9.17, 15) is 4.79 Å². The SMILES string of the molecule is O=C(O)C1CCN(Cc2nnsc2Cl)CC1. The second-order valence-electron chi connectivity index (χ2n) is 3.88. The van der Waals surface area contributed by atoms with Gasteiger partial charge in [0.1, 0.15) is 10.0 Å². The minimum atomic E-state index is -0.687. The average Bonchev–Trinajstić information content (AvgIpc) is 2.65. The lowest BCUT2D eigenvalue weighted by molar-refractivity contribution is -0.143. The molecule has 0 unspecified atom stereocenters. The molecule has 0 amide bonds. The van der Waals surface area contributed by atoms with Crippen LogP contribution in [0, 0.1) is 5.92 Å². The van der Waals surface area contributed by atoms with Gasteiger partial charge < -0.3 is 5.11 Å². The minimum absolute atomic E-state index is 0.194. The zero-order valence-corrected chi connectivity index (χ0v) is 10.2. The standard InChI is InChI=1S/C9H12ClN3O2S/c10-8-7(11-12-16-8)5-13-3-1-6(2-4-13)9(14)15/h6H,1-5H2,(H,14,15). The van der Waals surface area contributed by atoms with Crippen LogP contribution < -0.4 is 0 Å². The molecule has 0 aliphatic carbocycles. The number of likely N-dealkylation sites (tertiary alicyclic amines) is 1. The third-order valence-corrected chi connectivity index (χ3v) is 3.80. The van der Waals surface area contributed by atoms with Crippen molar-refractivity contribution in [3.05, 3.63) is 10.0 Å². The zero-order chi connectivity index (χ0) is 11.5.